The number of aryl methyl sites for hydroxylation is 1. The van der Waals surface area contributed by atoms with Crippen molar-refractivity contribution in [2.45, 2.75) is 19.8 Å². The molecule has 2 aromatic rings. The summed E-state index contributed by atoms with van der Waals surface area (Å²) in [4.78, 5) is 12.9. The standard InChI is InChI=1S/C14H12ClFOS/c1-2-9-5-6-18-14(9)13(17)8-10-7-11(16)3-4-12(10)15/h3-7H,2,8H2,1H3. The second kappa shape index (κ2) is 5.63. The Hall–Kier alpha value is -1.19. The Kier molecular flexibility index (Phi) is 4.15. The van der Waals surface area contributed by atoms with Crippen LogP contribution in [0, 0.1) is 5.82 Å². The zero-order chi connectivity index (χ0) is 13.1. The number of rotatable bonds is 4. The molecule has 0 saturated carbocycles. The van der Waals surface area contributed by atoms with E-state index in [2.05, 4.69) is 0 Å². The second-order valence-electron chi connectivity index (χ2n) is 3.96. The lowest BCUT2D eigenvalue weighted by Gasteiger charge is -2.04. The van der Waals surface area contributed by atoms with Crippen molar-refractivity contribution in [2.75, 3.05) is 0 Å². The third kappa shape index (κ3) is 2.79. The average molecular weight is 283 g/mol. The van der Waals surface area contributed by atoms with Crippen LogP contribution in [0.4, 0.5) is 4.39 Å². The first-order valence-electron chi connectivity index (χ1n) is 5.65. The molecule has 1 aromatic carbocycles. The van der Waals surface area contributed by atoms with Crippen molar-refractivity contribution in [1.29, 1.82) is 0 Å². The summed E-state index contributed by atoms with van der Waals surface area (Å²) in [6, 6.07) is 6.04. The smallest absolute Gasteiger partial charge is 0.177 e. The minimum atomic E-state index is -0.371. The van der Waals surface area contributed by atoms with Gasteiger partial charge in [0.1, 0.15) is 5.82 Å². The normalized spacial score (nSPS) is 10.6. The first kappa shape index (κ1) is 13.2. The number of benzene rings is 1. The van der Waals surface area contributed by atoms with E-state index in [0.717, 1.165) is 16.9 Å². The van der Waals surface area contributed by atoms with Crippen LogP contribution in [0.15, 0.2) is 29.6 Å². The summed E-state index contributed by atoms with van der Waals surface area (Å²) in [7, 11) is 0. The molecule has 0 spiro atoms. The fourth-order valence-electron chi connectivity index (χ4n) is 1.79. The monoisotopic (exact) mass is 282 g/mol. The summed E-state index contributed by atoms with van der Waals surface area (Å²) in [5.41, 5.74) is 1.58. The number of carbonyl (C=O) groups excluding carboxylic acids is 1. The van der Waals surface area contributed by atoms with E-state index in [1.807, 2.05) is 18.4 Å². The van der Waals surface area contributed by atoms with Gasteiger partial charge in [-0.3, -0.25) is 4.79 Å². The van der Waals surface area contributed by atoms with Gasteiger partial charge in [0.15, 0.2) is 5.78 Å². The Morgan fingerprint density at radius 3 is 2.83 bits per heavy atom. The summed E-state index contributed by atoms with van der Waals surface area (Å²) in [6.45, 7) is 2.01. The van der Waals surface area contributed by atoms with Gasteiger partial charge >= 0.3 is 0 Å². The molecule has 0 atom stereocenters. The maximum atomic E-state index is 13.1. The van der Waals surface area contributed by atoms with Gasteiger partial charge in [-0.25, -0.2) is 4.39 Å². The maximum Gasteiger partial charge on any atom is 0.177 e. The third-order valence-corrected chi connectivity index (χ3v) is 4.11. The Morgan fingerprint density at radius 1 is 1.33 bits per heavy atom. The third-order valence-electron chi connectivity index (χ3n) is 2.74. The van der Waals surface area contributed by atoms with Gasteiger partial charge in [-0.2, -0.15) is 0 Å². The zero-order valence-electron chi connectivity index (χ0n) is 9.87. The van der Waals surface area contributed by atoms with Crippen LogP contribution in [0.2, 0.25) is 5.02 Å². The molecule has 4 heteroatoms. The minimum Gasteiger partial charge on any atom is -0.293 e. The number of hydrogen-bond donors (Lipinski definition) is 0. The lowest BCUT2D eigenvalue weighted by atomic mass is 10.0. The number of carbonyl (C=O) groups is 1. The largest absolute Gasteiger partial charge is 0.293 e. The van der Waals surface area contributed by atoms with Gasteiger partial charge in [0.2, 0.25) is 0 Å². The Balaban J connectivity index is 2.24. The topological polar surface area (TPSA) is 17.1 Å². The number of ketones is 1. The Morgan fingerprint density at radius 2 is 2.11 bits per heavy atom. The van der Waals surface area contributed by atoms with E-state index in [0.29, 0.717) is 10.6 Å². The molecule has 0 aliphatic rings. The SMILES string of the molecule is CCc1ccsc1C(=O)Cc1cc(F)ccc1Cl. The van der Waals surface area contributed by atoms with Crippen LogP contribution in [-0.4, -0.2) is 5.78 Å². The predicted octanol–water partition coefficient (Wildman–Crippen LogP) is 4.53. The number of halogens is 2. The zero-order valence-corrected chi connectivity index (χ0v) is 11.4. The van der Waals surface area contributed by atoms with Crippen molar-refractivity contribution in [2.24, 2.45) is 0 Å². The predicted molar refractivity (Wildman–Crippen MR) is 73.1 cm³/mol. The molecular weight excluding hydrogens is 271 g/mol. The van der Waals surface area contributed by atoms with E-state index >= 15 is 0 Å². The molecule has 0 aliphatic carbocycles. The lowest BCUT2D eigenvalue weighted by Crippen LogP contribution is -2.04. The van der Waals surface area contributed by atoms with Crippen LogP contribution in [0.1, 0.15) is 27.7 Å². The highest BCUT2D eigenvalue weighted by Gasteiger charge is 2.14. The number of hydrogen-bond acceptors (Lipinski definition) is 2. The molecule has 0 N–H and O–H groups in total. The molecule has 1 nitrogen and oxygen atoms in total. The van der Waals surface area contributed by atoms with Crippen molar-refractivity contribution in [3.05, 3.63) is 56.5 Å². The highest BCUT2D eigenvalue weighted by atomic mass is 35.5. The summed E-state index contributed by atoms with van der Waals surface area (Å²) in [5.74, 6) is -0.376. The summed E-state index contributed by atoms with van der Waals surface area (Å²) in [6.07, 6.45) is 0.964. The van der Waals surface area contributed by atoms with Gasteiger partial charge in [-0.15, -0.1) is 11.3 Å². The van der Waals surface area contributed by atoms with Crippen LogP contribution in [0.25, 0.3) is 0 Å². The summed E-state index contributed by atoms with van der Waals surface area (Å²) in [5, 5.41) is 2.33. The van der Waals surface area contributed by atoms with Crippen molar-refractivity contribution in [3.63, 3.8) is 0 Å². The van der Waals surface area contributed by atoms with E-state index in [-0.39, 0.29) is 18.0 Å². The van der Waals surface area contributed by atoms with Crippen LogP contribution >= 0.6 is 22.9 Å². The molecule has 1 heterocycles. The van der Waals surface area contributed by atoms with Crippen LogP contribution in [0.3, 0.4) is 0 Å². The van der Waals surface area contributed by atoms with Crippen LogP contribution < -0.4 is 0 Å². The van der Waals surface area contributed by atoms with E-state index < -0.39 is 0 Å². The summed E-state index contributed by atoms with van der Waals surface area (Å²) < 4.78 is 13.1. The highest BCUT2D eigenvalue weighted by molar-refractivity contribution is 7.12. The molecule has 1 aromatic heterocycles. The van der Waals surface area contributed by atoms with Gasteiger partial charge in [-0.05, 0) is 47.2 Å². The van der Waals surface area contributed by atoms with Crippen molar-refractivity contribution < 1.29 is 9.18 Å². The average Bonchev–Trinajstić information content (AvgIpc) is 2.82. The van der Waals surface area contributed by atoms with Gasteiger partial charge in [-0.1, -0.05) is 18.5 Å². The fourth-order valence-corrected chi connectivity index (χ4v) is 2.91. The van der Waals surface area contributed by atoms with Crippen LogP contribution in [0.5, 0.6) is 0 Å². The van der Waals surface area contributed by atoms with E-state index in [1.165, 1.54) is 29.5 Å². The fraction of sp³-hybridized carbons (Fsp3) is 0.214. The summed E-state index contributed by atoms with van der Waals surface area (Å²) >= 11 is 7.39. The first-order chi connectivity index (χ1) is 8.61. The molecule has 0 fully saturated rings. The number of thiophene rings is 1. The van der Waals surface area contributed by atoms with Crippen molar-refractivity contribution >= 4 is 28.7 Å². The first-order valence-corrected chi connectivity index (χ1v) is 6.91. The highest BCUT2D eigenvalue weighted by Crippen LogP contribution is 2.23. The van der Waals surface area contributed by atoms with Gasteiger partial charge < -0.3 is 0 Å². The van der Waals surface area contributed by atoms with Gasteiger partial charge in [0.05, 0.1) is 4.88 Å². The molecule has 0 bridgehead atoms. The van der Waals surface area contributed by atoms with Gasteiger partial charge in [0.25, 0.3) is 0 Å². The van der Waals surface area contributed by atoms with E-state index in [9.17, 15) is 9.18 Å². The molecule has 0 radical (unpaired) electrons. The molecule has 2 rings (SSSR count). The van der Waals surface area contributed by atoms with Crippen molar-refractivity contribution in [1.82, 2.24) is 0 Å². The minimum absolute atomic E-state index is 0.00523. The van der Waals surface area contributed by atoms with E-state index in [4.69, 9.17) is 11.6 Å². The quantitative estimate of drug-likeness (QED) is 0.753. The molecular formula is C14H12ClFOS. The molecule has 0 unspecified atom stereocenters. The molecule has 18 heavy (non-hydrogen) atoms. The second-order valence-corrected chi connectivity index (χ2v) is 5.29. The number of Topliss-reactive ketones (excluding diaryl/α,β-unsaturated/α-hetero) is 1. The lowest BCUT2D eigenvalue weighted by molar-refractivity contribution is 0.0996. The molecule has 0 saturated heterocycles. The Bertz CT molecular complexity index is 577. The van der Waals surface area contributed by atoms with E-state index in [1.54, 1.807) is 0 Å². The van der Waals surface area contributed by atoms with Crippen molar-refractivity contribution in [3.8, 4) is 0 Å². The van der Waals surface area contributed by atoms with Gasteiger partial charge in [0, 0.05) is 11.4 Å². The van der Waals surface area contributed by atoms with Crippen LogP contribution in [-0.2, 0) is 12.8 Å². The maximum absolute atomic E-state index is 13.1. The molecule has 0 aliphatic heterocycles. The molecule has 94 valence electrons. The molecule has 0 amide bonds. The Labute approximate surface area is 114 Å².